The summed E-state index contributed by atoms with van der Waals surface area (Å²) in [4.78, 5) is 0.928. The van der Waals surface area contributed by atoms with E-state index in [4.69, 9.17) is 5.73 Å². The molecule has 100 valence electrons. The monoisotopic (exact) mass is 283 g/mol. The van der Waals surface area contributed by atoms with Crippen molar-refractivity contribution < 1.29 is 13.2 Å². The molecule has 2 aromatic carbocycles. The largest absolute Gasteiger partial charge is 0.324 e. The van der Waals surface area contributed by atoms with Crippen LogP contribution in [0.5, 0.6) is 0 Å². The number of halogens is 3. The van der Waals surface area contributed by atoms with Crippen molar-refractivity contribution in [3.8, 4) is 0 Å². The summed E-state index contributed by atoms with van der Waals surface area (Å²) in [6.45, 7) is 1.72. The number of hydrogen-bond donors (Lipinski definition) is 1. The summed E-state index contributed by atoms with van der Waals surface area (Å²) in [6, 6.07) is 7.13. The van der Waals surface area contributed by atoms with E-state index in [9.17, 15) is 13.2 Å². The van der Waals surface area contributed by atoms with Crippen LogP contribution in [-0.2, 0) is 0 Å². The van der Waals surface area contributed by atoms with Gasteiger partial charge in [0.1, 0.15) is 17.5 Å². The SMILES string of the molecule is C[C@@H](N)c1cc(F)ccc1Sc1ccc(F)cc1F. The van der Waals surface area contributed by atoms with Gasteiger partial charge in [-0.3, -0.25) is 0 Å². The van der Waals surface area contributed by atoms with E-state index in [1.165, 1.54) is 24.3 Å². The van der Waals surface area contributed by atoms with E-state index in [2.05, 4.69) is 0 Å². The van der Waals surface area contributed by atoms with Crippen LogP contribution in [0.2, 0.25) is 0 Å². The number of benzene rings is 2. The lowest BCUT2D eigenvalue weighted by Crippen LogP contribution is -2.06. The van der Waals surface area contributed by atoms with Gasteiger partial charge in [0.15, 0.2) is 0 Å². The minimum absolute atomic E-state index is 0.273. The summed E-state index contributed by atoms with van der Waals surface area (Å²) in [5, 5.41) is 0. The van der Waals surface area contributed by atoms with Gasteiger partial charge in [-0.05, 0) is 42.8 Å². The van der Waals surface area contributed by atoms with Gasteiger partial charge in [0.2, 0.25) is 0 Å². The Morgan fingerprint density at radius 1 is 0.947 bits per heavy atom. The molecule has 5 heteroatoms. The Morgan fingerprint density at radius 3 is 2.11 bits per heavy atom. The molecular formula is C14H12F3NS. The highest BCUT2D eigenvalue weighted by Gasteiger charge is 2.12. The van der Waals surface area contributed by atoms with Crippen molar-refractivity contribution in [1.29, 1.82) is 0 Å². The highest BCUT2D eigenvalue weighted by molar-refractivity contribution is 7.99. The second-order valence-electron chi connectivity index (χ2n) is 4.15. The molecule has 0 fully saturated rings. The summed E-state index contributed by atoms with van der Waals surface area (Å²) < 4.78 is 39.6. The molecule has 0 unspecified atom stereocenters. The molecule has 0 aliphatic heterocycles. The minimum Gasteiger partial charge on any atom is -0.324 e. The predicted molar refractivity (Wildman–Crippen MR) is 69.5 cm³/mol. The first-order chi connectivity index (χ1) is 8.97. The zero-order chi connectivity index (χ0) is 14.0. The van der Waals surface area contributed by atoms with Crippen LogP contribution in [0.3, 0.4) is 0 Å². The van der Waals surface area contributed by atoms with Gasteiger partial charge in [0.25, 0.3) is 0 Å². The van der Waals surface area contributed by atoms with Gasteiger partial charge in [-0.1, -0.05) is 11.8 Å². The summed E-state index contributed by atoms with van der Waals surface area (Å²) in [7, 11) is 0. The third-order valence-electron chi connectivity index (χ3n) is 2.58. The first kappa shape index (κ1) is 14.0. The third-order valence-corrected chi connectivity index (χ3v) is 3.72. The topological polar surface area (TPSA) is 26.0 Å². The minimum atomic E-state index is -0.648. The van der Waals surface area contributed by atoms with E-state index in [0.717, 1.165) is 17.8 Å². The number of hydrogen-bond acceptors (Lipinski definition) is 2. The quantitative estimate of drug-likeness (QED) is 0.910. The summed E-state index contributed by atoms with van der Waals surface area (Å²) in [6.07, 6.45) is 0. The van der Waals surface area contributed by atoms with Crippen LogP contribution in [0.15, 0.2) is 46.2 Å². The Bertz CT molecular complexity index is 599. The molecule has 2 rings (SSSR count). The molecule has 0 saturated heterocycles. The summed E-state index contributed by atoms with van der Waals surface area (Å²) in [5.74, 6) is -1.67. The van der Waals surface area contributed by atoms with E-state index in [0.29, 0.717) is 10.5 Å². The first-order valence-electron chi connectivity index (χ1n) is 5.65. The standard InChI is InChI=1S/C14H12F3NS/c1-8(18)11-6-9(15)2-4-13(11)19-14-5-3-10(16)7-12(14)17/h2-8H,18H2,1H3/t8-/m1/s1. The molecule has 1 atom stereocenters. The van der Waals surface area contributed by atoms with Gasteiger partial charge in [-0.25, -0.2) is 13.2 Å². The van der Waals surface area contributed by atoms with E-state index < -0.39 is 17.5 Å². The smallest absolute Gasteiger partial charge is 0.140 e. The van der Waals surface area contributed by atoms with Crippen molar-refractivity contribution in [2.75, 3.05) is 0 Å². The second kappa shape index (κ2) is 5.67. The molecule has 0 heterocycles. The maximum absolute atomic E-state index is 13.6. The Morgan fingerprint density at radius 2 is 1.53 bits per heavy atom. The van der Waals surface area contributed by atoms with Crippen LogP contribution in [0, 0.1) is 17.5 Å². The van der Waals surface area contributed by atoms with E-state index in [-0.39, 0.29) is 10.9 Å². The molecule has 0 aliphatic rings. The fourth-order valence-electron chi connectivity index (χ4n) is 1.64. The molecule has 2 N–H and O–H groups in total. The van der Waals surface area contributed by atoms with Crippen molar-refractivity contribution in [2.45, 2.75) is 22.8 Å². The Hall–Kier alpha value is -1.46. The molecule has 19 heavy (non-hydrogen) atoms. The van der Waals surface area contributed by atoms with Crippen LogP contribution in [0.1, 0.15) is 18.5 Å². The number of rotatable bonds is 3. The maximum atomic E-state index is 13.6. The van der Waals surface area contributed by atoms with Gasteiger partial charge in [0, 0.05) is 21.9 Å². The molecule has 0 spiro atoms. The Kier molecular flexibility index (Phi) is 4.17. The molecule has 0 bridgehead atoms. The van der Waals surface area contributed by atoms with Crippen molar-refractivity contribution in [3.05, 3.63) is 59.4 Å². The van der Waals surface area contributed by atoms with Gasteiger partial charge in [-0.2, -0.15) is 0 Å². The Labute approximate surface area is 113 Å². The molecule has 0 radical (unpaired) electrons. The third kappa shape index (κ3) is 3.30. The molecule has 0 aromatic heterocycles. The lowest BCUT2D eigenvalue weighted by molar-refractivity contribution is 0.565. The Balaban J connectivity index is 2.38. The molecule has 2 aromatic rings. The number of nitrogens with two attached hydrogens (primary N) is 1. The van der Waals surface area contributed by atoms with Crippen LogP contribution in [0.4, 0.5) is 13.2 Å². The first-order valence-corrected chi connectivity index (χ1v) is 6.47. The van der Waals surface area contributed by atoms with Crippen molar-refractivity contribution in [2.24, 2.45) is 5.73 Å². The van der Waals surface area contributed by atoms with E-state index in [1.54, 1.807) is 13.0 Å². The fourth-order valence-corrected chi connectivity index (χ4v) is 2.67. The summed E-state index contributed by atoms with van der Waals surface area (Å²) >= 11 is 1.10. The van der Waals surface area contributed by atoms with Crippen molar-refractivity contribution in [1.82, 2.24) is 0 Å². The van der Waals surface area contributed by atoms with E-state index in [1.807, 2.05) is 0 Å². The van der Waals surface area contributed by atoms with Crippen LogP contribution >= 0.6 is 11.8 Å². The molecule has 0 amide bonds. The average molecular weight is 283 g/mol. The van der Waals surface area contributed by atoms with Gasteiger partial charge in [0.05, 0.1) is 0 Å². The molecular weight excluding hydrogens is 271 g/mol. The lowest BCUT2D eigenvalue weighted by Gasteiger charge is -2.12. The zero-order valence-electron chi connectivity index (χ0n) is 10.2. The van der Waals surface area contributed by atoms with Gasteiger partial charge >= 0.3 is 0 Å². The van der Waals surface area contributed by atoms with Gasteiger partial charge in [-0.15, -0.1) is 0 Å². The highest BCUT2D eigenvalue weighted by Crippen LogP contribution is 2.34. The van der Waals surface area contributed by atoms with Crippen LogP contribution < -0.4 is 5.73 Å². The average Bonchev–Trinajstić information content (AvgIpc) is 2.34. The zero-order valence-corrected chi connectivity index (χ0v) is 11.0. The highest BCUT2D eigenvalue weighted by atomic mass is 32.2. The molecule has 0 aliphatic carbocycles. The lowest BCUT2D eigenvalue weighted by atomic mass is 10.1. The van der Waals surface area contributed by atoms with Crippen LogP contribution in [0.25, 0.3) is 0 Å². The summed E-state index contributed by atoms with van der Waals surface area (Å²) in [5.41, 5.74) is 6.36. The fraction of sp³-hybridized carbons (Fsp3) is 0.143. The van der Waals surface area contributed by atoms with Crippen LogP contribution in [-0.4, -0.2) is 0 Å². The maximum Gasteiger partial charge on any atom is 0.140 e. The predicted octanol–water partition coefficient (Wildman–Crippen LogP) is 4.27. The molecule has 0 saturated carbocycles. The normalized spacial score (nSPS) is 12.5. The van der Waals surface area contributed by atoms with Crippen molar-refractivity contribution >= 4 is 11.8 Å². The second-order valence-corrected chi connectivity index (χ2v) is 5.23. The molecule has 1 nitrogen and oxygen atoms in total. The van der Waals surface area contributed by atoms with Crippen molar-refractivity contribution in [3.63, 3.8) is 0 Å². The van der Waals surface area contributed by atoms with E-state index >= 15 is 0 Å². The van der Waals surface area contributed by atoms with Gasteiger partial charge < -0.3 is 5.73 Å².